The molecule has 2 N–H and O–H groups in total. The standard InChI is InChI=1S/C23H25N5O2/c1-13(2)20(24-4)23(30)28-10-8-16(14(3)12-28)18-11-19(27-22(29)15-5-6-15)26-21-17(18)7-9-25-21/h7-9,11,14-15H,5-6,10,12H2,1-3H3,(H2,25,26,27,29)/t14-/m1/s1. The second kappa shape index (κ2) is 7.79. The van der Waals surface area contributed by atoms with E-state index in [1.54, 1.807) is 18.7 Å². The number of nitrogens with zero attached hydrogens (tertiary/aromatic N) is 3. The Hall–Kier alpha value is -3.40. The van der Waals surface area contributed by atoms with Crippen LogP contribution in [0.25, 0.3) is 21.5 Å². The summed E-state index contributed by atoms with van der Waals surface area (Å²) in [5.74, 6) is 0.539. The summed E-state index contributed by atoms with van der Waals surface area (Å²) in [6, 6.07) is 3.91. The normalized spacial score (nSPS) is 18.5. The summed E-state index contributed by atoms with van der Waals surface area (Å²) in [6.45, 7) is 13.9. The Labute approximate surface area is 175 Å². The third kappa shape index (κ3) is 3.73. The minimum absolute atomic E-state index is 0.0233. The molecule has 1 fully saturated rings. The lowest BCUT2D eigenvalue weighted by atomic mass is 9.89. The number of rotatable bonds is 4. The molecule has 4 rings (SSSR count). The van der Waals surface area contributed by atoms with Gasteiger partial charge >= 0.3 is 0 Å². The summed E-state index contributed by atoms with van der Waals surface area (Å²) < 4.78 is 0. The minimum Gasteiger partial charge on any atom is -0.346 e. The van der Waals surface area contributed by atoms with Crippen molar-refractivity contribution in [3.05, 3.63) is 52.7 Å². The molecule has 1 aliphatic carbocycles. The van der Waals surface area contributed by atoms with Crippen molar-refractivity contribution in [3.63, 3.8) is 0 Å². The summed E-state index contributed by atoms with van der Waals surface area (Å²) in [4.78, 5) is 37.8. The molecular weight excluding hydrogens is 378 g/mol. The van der Waals surface area contributed by atoms with Crippen LogP contribution in [0.2, 0.25) is 0 Å². The van der Waals surface area contributed by atoms with Crippen LogP contribution in [0.1, 0.15) is 39.2 Å². The first-order chi connectivity index (χ1) is 14.4. The molecular formula is C23H25N5O2. The zero-order valence-corrected chi connectivity index (χ0v) is 17.5. The van der Waals surface area contributed by atoms with Gasteiger partial charge in [0.2, 0.25) is 11.6 Å². The Morgan fingerprint density at radius 2 is 2.10 bits per heavy atom. The van der Waals surface area contributed by atoms with Gasteiger partial charge in [-0.15, -0.1) is 0 Å². The number of nitrogens with one attached hydrogen (secondary N) is 2. The number of H-pyrrole nitrogens is 1. The molecule has 0 radical (unpaired) electrons. The van der Waals surface area contributed by atoms with Gasteiger partial charge in [-0.2, -0.15) is 0 Å². The van der Waals surface area contributed by atoms with E-state index in [1.807, 2.05) is 24.4 Å². The van der Waals surface area contributed by atoms with Gasteiger partial charge in [0.1, 0.15) is 11.5 Å². The Morgan fingerprint density at radius 3 is 2.73 bits per heavy atom. The maximum absolute atomic E-state index is 12.7. The van der Waals surface area contributed by atoms with E-state index in [0.717, 1.165) is 40.6 Å². The number of hydrogen-bond acceptors (Lipinski definition) is 3. The maximum atomic E-state index is 12.7. The number of hydrogen-bond donors (Lipinski definition) is 2. The molecule has 2 amide bonds. The molecule has 1 atom stereocenters. The molecule has 2 aliphatic rings. The van der Waals surface area contributed by atoms with Gasteiger partial charge < -0.3 is 15.2 Å². The van der Waals surface area contributed by atoms with Crippen LogP contribution < -0.4 is 5.32 Å². The van der Waals surface area contributed by atoms with Gasteiger partial charge in [-0.3, -0.25) is 9.59 Å². The molecule has 2 aromatic heterocycles. The van der Waals surface area contributed by atoms with E-state index in [9.17, 15) is 9.59 Å². The van der Waals surface area contributed by atoms with Crippen LogP contribution in [0.4, 0.5) is 5.82 Å². The van der Waals surface area contributed by atoms with E-state index >= 15 is 0 Å². The van der Waals surface area contributed by atoms with Crippen LogP contribution >= 0.6 is 0 Å². The van der Waals surface area contributed by atoms with Gasteiger partial charge in [0.15, 0.2) is 0 Å². The number of carbonyl (C=O) groups excluding carboxylic acids is 2. The quantitative estimate of drug-likeness (QED) is 0.598. The van der Waals surface area contributed by atoms with E-state index in [-0.39, 0.29) is 29.3 Å². The average Bonchev–Trinajstić information content (AvgIpc) is 3.46. The second-order valence-electron chi connectivity index (χ2n) is 8.29. The van der Waals surface area contributed by atoms with Crippen LogP contribution in [-0.2, 0) is 9.59 Å². The number of aromatic nitrogens is 2. The van der Waals surface area contributed by atoms with Gasteiger partial charge in [0.05, 0.1) is 6.57 Å². The number of allylic oxidation sites excluding steroid dienone is 1. The zero-order chi connectivity index (χ0) is 21.4. The fourth-order valence-electron chi connectivity index (χ4n) is 3.89. The van der Waals surface area contributed by atoms with Crippen LogP contribution in [0.3, 0.4) is 0 Å². The number of carbonyl (C=O) groups is 2. The SMILES string of the molecule is [C-]#[N+]C(C(=O)N1CC=C(c2cc(NC(=O)C3CC3)nc3[nH]ccc23)[C@H](C)C1)=C(C)C. The summed E-state index contributed by atoms with van der Waals surface area (Å²) >= 11 is 0. The third-order valence-electron chi connectivity index (χ3n) is 5.67. The van der Waals surface area contributed by atoms with Crippen molar-refractivity contribution >= 4 is 34.2 Å². The van der Waals surface area contributed by atoms with Gasteiger partial charge in [-0.1, -0.05) is 32.4 Å². The first-order valence-corrected chi connectivity index (χ1v) is 10.2. The number of pyridine rings is 1. The van der Waals surface area contributed by atoms with E-state index in [2.05, 4.69) is 27.1 Å². The zero-order valence-electron chi connectivity index (χ0n) is 17.5. The molecule has 7 nitrogen and oxygen atoms in total. The Morgan fingerprint density at radius 1 is 1.33 bits per heavy atom. The largest absolute Gasteiger partial charge is 0.346 e. The first-order valence-electron chi connectivity index (χ1n) is 10.2. The van der Waals surface area contributed by atoms with Gasteiger partial charge in [0, 0.05) is 30.6 Å². The molecule has 0 aromatic carbocycles. The lowest BCUT2D eigenvalue weighted by Crippen LogP contribution is -2.38. The van der Waals surface area contributed by atoms with Crippen molar-refractivity contribution < 1.29 is 9.59 Å². The summed E-state index contributed by atoms with van der Waals surface area (Å²) in [5, 5.41) is 3.93. The molecule has 1 saturated carbocycles. The monoisotopic (exact) mass is 403 g/mol. The first kappa shape index (κ1) is 19.9. The lowest BCUT2D eigenvalue weighted by molar-refractivity contribution is -0.126. The fourth-order valence-corrected chi connectivity index (χ4v) is 3.89. The Balaban J connectivity index is 1.65. The smallest absolute Gasteiger partial charge is 0.253 e. The predicted octanol–water partition coefficient (Wildman–Crippen LogP) is 3.99. The van der Waals surface area contributed by atoms with E-state index in [4.69, 9.17) is 6.57 Å². The van der Waals surface area contributed by atoms with Crippen LogP contribution in [-0.4, -0.2) is 39.8 Å². The molecule has 0 bridgehead atoms. The lowest BCUT2D eigenvalue weighted by Gasteiger charge is -2.32. The van der Waals surface area contributed by atoms with E-state index < -0.39 is 0 Å². The summed E-state index contributed by atoms with van der Waals surface area (Å²) in [6.07, 6.45) is 5.77. The van der Waals surface area contributed by atoms with Crippen molar-refractivity contribution in [3.8, 4) is 0 Å². The molecule has 7 heteroatoms. The van der Waals surface area contributed by atoms with Gasteiger partial charge in [0.25, 0.3) is 5.91 Å². The Bertz CT molecular complexity index is 1130. The number of aromatic amines is 1. The molecule has 30 heavy (non-hydrogen) atoms. The highest BCUT2D eigenvalue weighted by atomic mass is 16.2. The van der Waals surface area contributed by atoms with Crippen molar-refractivity contribution in [1.29, 1.82) is 0 Å². The van der Waals surface area contributed by atoms with Crippen LogP contribution in [0.15, 0.2) is 35.7 Å². The average molecular weight is 403 g/mol. The van der Waals surface area contributed by atoms with E-state index in [0.29, 0.717) is 18.9 Å². The summed E-state index contributed by atoms with van der Waals surface area (Å²) in [5.41, 5.74) is 3.79. The molecule has 0 unspecified atom stereocenters. The molecule has 0 spiro atoms. The maximum Gasteiger partial charge on any atom is 0.253 e. The molecule has 2 aromatic rings. The molecule has 1 aliphatic heterocycles. The topological polar surface area (TPSA) is 82.4 Å². The minimum atomic E-state index is -0.217. The molecule has 0 saturated heterocycles. The second-order valence-corrected chi connectivity index (χ2v) is 8.29. The van der Waals surface area contributed by atoms with Gasteiger partial charge in [-0.25, -0.2) is 9.83 Å². The van der Waals surface area contributed by atoms with Crippen LogP contribution in [0.5, 0.6) is 0 Å². The Kier molecular flexibility index (Phi) is 5.17. The fraction of sp³-hybridized carbons (Fsp3) is 0.391. The highest BCUT2D eigenvalue weighted by Gasteiger charge is 2.31. The number of amides is 2. The van der Waals surface area contributed by atoms with Crippen molar-refractivity contribution in [2.75, 3.05) is 18.4 Å². The van der Waals surface area contributed by atoms with Gasteiger partial charge in [-0.05, 0) is 42.0 Å². The third-order valence-corrected chi connectivity index (χ3v) is 5.67. The predicted molar refractivity (Wildman–Crippen MR) is 116 cm³/mol. The van der Waals surface area contributed by atoms with Crippen molar-refractivity contribution in [2.24, 2.45) is 11.8 Å². The highest BCUT2D eigenvalue weighted by Crippen LogP contribution is 2.35. The number of fused-ring (bicyclic) bond motifs is 1. The highest BCUT2D eigenvalue weighted by molar-refractivity contribution is 5.99. The van der Waals surface area contributed by atoms with Crippen molar-refractivity contribution in [1.82, 2.24) is 14.9 Å². The molecule has 3 heterocycles. The molecule has 154 valence electrons. The number of anilines is 1. The summed E-state index contributed by atoms with van der Waals surface area (Å²) in [7, 11) is 0. The van der Waals surface area contributed by atoms with Crippen molar-refractivity contribution in [2.45, 2.75) is 33.6 Å². The van der Waals surface area contributed by atoms with E-state index in [1.165, 1.54) is 0 Å². The van der Waals surface area contributed by atoms with Crippen LogP contribution in [0, 0.1) is 18.4 Å².